The molecular formula is C10H10IrN2. The fourth-order valence-corrected chi connectivity index (χ4v) is 1.18. The van der Waals surface area contributed by atoms with Crippen LogP contribution in [0.3, 0.4) is 0 Å². The van der Waals surface area contributed by atoms with Gasteiger partial charge in [0.2, 0.25) is 0 Å². The van der Waals surface area contributed by atoms with Crippen LogP contribution in [0.25, 0.3) is 0 Å². The third kappa shape index (κ3) is 2.51. The first kappa shape index (κ1) is 10.2. The van der Waals surface area contributed by atoms with E-state index in [0.717, 1.165) is 12.2 Å². The van der Waals surface area contributed by atoms with Gasteiger partial charge in [-0.1, -0.05) is 12.2 Å². The van der Waals surface area contributed by atoms with Crippen molar-refractivity contribution < 1.29 is 20.1 Å². The van der Waals surface area contributed by atoms with Gasteiger partial charge >= 0.3 is 0 Å². The van der Waals surface area contributed by atoms with E-state index in [2.05, 4.69) is 28.2 Å². The molecule has 0 bridgehead atoms. The van der Waals surface area contributed by atoms with Gasteiger partial charge in [0.05, 0.1) is 11.9 Å². The third-order valence-corrected chi connectivity index (χ3v) is 1.79. The van der Waals surface area contributed by atoms with Gasteiger partial charge in [0.25, 0.3) is 0 Å². The molecule has 0 saturated heterocycles. The van der Waals surface area contributed by atoms with E-state index >= 15 is 0 Å². The molecule has 1 aliphatic heterocycles. The van der Waals surface area contributed by atoms with Crippen molar-refractivity contribution in [3.8, 4) is 0 Å². The summed E-state index contributed by atoms with van der Waals surface area (Å²) < 4.78 is 0. The van der Waals surface area contributed by atoms with Gasteiger partial charge in [-0.2, -0.15) is 0 Å². The Hall–Kier alpha value is -0.921. The summed E-state index contributed by atoms with van der Waals surface area (Å²) in [5.74, 6) is 0. The van der Waals surface area contributed by atoms with Crippen molar-refractivity contribution in [2.45, 2.75) is 0 Å². The number of aromatic nitrogens is 1. The Kier molecular flexibility index (Phi) is 3.87. The zero-order valence-electron chi connectivity index (χ0n) is 7.05. The van der Waals surface area contributed by atoms with Gasteiger partial charge in [0.1, 0.15) is 0 Å². The van der Waals surface area contributed by atoms with Crippen LogP contribution in [0.4, 0.5) is 5.69 Å². The van der Waals surface area contributed by atoms with E-state index in [4.69, 9.17) is 0 Å². The van der Waals surface area contributed by atoms with Gasteiger partial charge in [-0.15, -0.1) is 0 Å². The summed E-state index contributed by atoms with van der Waals surface area (Å²) >= 11 is 0. The van der Waals surface area contributed by atoms with Crippen molar-refractivity contribution in [2.24, 2.45) is 0 Å². The number of allylic oxidation sites excluding steroid dienone is 2. The van der Waals surface area contributed by atoms with Crippen molar-refractivity contribution >= 4 is 5.69 Å². The maximum atomic E-state index is 4.06. The quantitative estimate of drug-likeness (QED) is 0.770. The first-order chi connectivity index (χ1) is 5.97. The summed E-state index contributed by atoms with van der Waals surface area (Å²) in [5.41, 5.74) is 1.14. The number of pyridine rings is 1. The normalized spacial score (nSPS) is 14.0. The molecule has 0 amide bonds. The molecule has 1 aromatic rings. The molecule has 0 aromatic carbocycles. The zero-order chi connectivity index (χ0) is 8.23. The first-order valence-electron chi connectivity index (χ1n) is 3.97. The molecule has 2 heterocycles. The average Bonchev–Trinajstić information content (AvgIpc) is 2.21. The van der Waals surface area contributed by atoms with E-state index in [1.165, 1.54) is 0 Å². The largest absolute Gasteiger partial charge is 0.343 e. The van der Waals surface area contributed by atoms with Crippen LogP contribution in [0.15, 0.2) is 49.0 Å². The Morgan fingerprint density at radius 3 is 2.85 bits per heavy atom. The molecule has 0 unspecified atom stereocenters. The molecule has 0 aliphatic carbocycles. The standard InChI is InChI=1S/C10H10N2.Ir/c1-2-7-12(8-3-1)10-5-4-6-11-9-10;/h1-7,9H,8H2;. The SMILES string of the molecule is C1=CCN(c2cccnc2)C=C1.[Ir]. The number of anilines is 1. The van der Waals surface area contributed by atoms with Crippen LogP contribution in [0.2, 0.25) is 0 Å². The predicted octanol–water partition coefficient (Wildman–Crippen LogP) is 1.97. The molecule has 1 radical (unpaired) electrons. The van der Waals surface area contributed by atoms with E-state index in [1.54, 1.807) is 6.20 Å². The van der Waals surface area contributed by atoms with Gasteiger partial charge in [0, 0.05) is 39.0 Å². The Labute approximate surface area is 91.3 Å². The molecule has 0 atom stereocenters. The fourth-order valence-electron chi connectivity index (χ4n) is 1.18. The number of nitrogens with zero attached hydrogens (tertiary/aromatic N) is 2. The summed E-state index contributed by atoms with van der Waals surface area (Å²) in [5, 5.41) is 0. The molecule has 3 heteroatoms. The van der Waals surface area contributed by atoms with Crippen molar-refractivity contribution in [1.29, 1.82) is 0 Å². The zero-order valence-corrected chi connectivity index (χ0v) is 9.45. The van der Waals surface area contributed by atoms with Crippen molar-refractivity contribution in [1.82, 2.24) is 4.98 Å². The summed E-state index contributed by atoms with van der Waals surface area (Å²) in [4.78, 5) is 6.21. The number of rotatable bonds is 1. The topological polar surface area (TPSA) is 16.1 Å². The van der Waals surface area contributed by atoms with Gasteiger partial charge in [0.15, 0.2) is 0 Å². The molecular weight excluding hydrogens is 340 g/mol. The molecule has 2 rings (SSSR count). The van der Waals surface area contributed by atoms with E-state index < -0.39 is 0 Å². The van der Waals surface area contributed by atoms with Crippen LogP contribution in [0, 0.1) is 0 Å². The summed E-state index contributed by atoms with van der Waals surface area (Å²) in [7, 11) is 0. The number of hydrogen-bond donors (Lipinski definition) is 0. The molecule has 13 heavy (non-hydrogen) atoms. The van der Waals surface area contributed by atoms with Crippen LogP contribution in [0.5, 0.6) is 0 Å². The Morgan fingerprint density at radius 1 is 1.31 bits per heavy atom. The summed E-state index contributed by atoms with van der Waals surface area (Å²) in [6, 6.07) is 4.00. The van der Waals surface area contributed by atoms with E-state index in [0.29, 0.717) is 0 Å². The minimum absolute atomic E-state index is 0. The van der Waals surface area contributed by atoms with Gasteiger partial charge < -0.3 is 4.90 Å². The first-order valence-corrected chi connectivity index (χ1v) is 3.97. The van der Waals surface area contributed by atoms with E-state index in [1.807, 2.05) is 24.4 Å². The molecule has 0 N–H and O–H groups in total. The summed E-state index contributed by atoms with van der Waals surface area (Å²) in [6.07, 6.45) is 11.9. The van der Waals surface area contributed by atoms with Crippen LogP contribution in [-0.2, 0) is 20.1 Å². The monoisotopic (exact) mass is 351 g/mol. The van der Waals surface area contributed by atoms with Crippen LogP contribution >= 0.6 is 0 Å². The second-order valence-corrected chi connectivity index (χ2v) is 2.63. The van der Waals surface area contributed by atoms with Gasteiger partial charge in [-0.3, -0.25) is 4.98 Å². The van der Waals surface area contributed by atoms with Crippen LogP contribution in [-0.4, -0.2) is 11.5 Å². The molecule has 0 spiro atoms. The van der Waals surface area contributed by atoms with Crippen LogP contribution < -0.4 is 4.90 Å². The van der Waals surface area contributed by atoms with Crippen molar-refractivity contribution in [3.63, 3.8) is 0 Å². The Balaban J connectivity index is 0.000000845. The minimum Gasteiger partial charge on any atom is -0.343 e. The molecule has 2 nitrogen and oxygen atoms in total. The molecule has 1 aromatic heterocycles. The molecule has 0 fully saturated rings. The second kappa shape index (κ2) is 4.95. The summed E-state index contributed by atoms with van der Waals surface area (Å²) in [6.45, 7) is 0.933. The smallest absolute Gasteiger partial charge is 0.0595 e. The Bertz CT molecular complexity index is 306. The minimum atomic E-state index is 0. The van der Waals surface area contributed by atoms with E-state index in [9.17, 15) is 0 Å². The van der Waals surface area contributed by atoms with Gasteiger partial charge in [-0.25, -0.2) is 0 Å². The van der Waals surface area contributed by atoms with Crippen molar-refractivity contribution in [2.75, 3.05) is 11.4 Å². The molecule has 0 saturated carbocycles. The molecule has 1 aliphatic rings. The van der Waals surface area contributed by atoms with Crippen LogP contribution in [0.1, 0.15) is 0 Å². The van der Waals surface area contributed by atoms with Crippen molar-refractivity contribution in [3.05, 3.63) is 49.0 Å². The third-order valence-electron chi connectivity index (χ3n) is 1.79. The average molecular weight is 350 g/mol. The maximum Gasteiger partial charge on any atom is 0.0595 e. The fraction of sp³-hybridized carbons (Fsp3) is 0.100. The molecule has 69 valence electrons. The van der Waals surface area contributed by atoms with E-state index in [-0.39, 0.29) is 20.1 Å². The second-order valence-electron chi connectivity index (χ2n) is 2.63. The maximum absolute atomic E-state index is 4.06. The van der Waals surface area contributed by atoms with Gasteiger partial charge in [-0.05, 0) is 18.2 Å². The Morgan fingerprint density at radius 2 is 2.23 bits per heavy atom. The predicted molar refractivity (Wildman–Crippen MR) is 49.9 cm³/mol. The number of hydrogen-bond acceptors (Lipinski definition) is 2.